The predicted molar refractivity (Wildman–Crippen MR) is 94.3 cm³/mol. The SMILES string of the molecule is C=C[C@H]1CN2CCc3c([nH]c4ccccc34)[C@H]2C[C@@H]1C=COC. The number of nitrogens with one attached hydrogen (secondary N) is 1. The van der Waals surface area contributed by atoms with Crippen molar-refractivity contribution in [2.75, 3.05) is 20.2 Å². The van der Waals surface area contributed by atoms with Crippen molar-refractivity contribution < 1.29 is 4.74 Å². The van der Waals surface area contributed by atoms with Crippen molar-refractivity contribution in [3.05, 3.63) is 60.5 Å². The molecule has 1 saturated heterocycles. The van der Waals surface area contributed by atoms with E-state index in [4.69, 9.17) is 4.74 Å². The van der Waals surface area contributed by atoms with Crippen LogP contribution in [-0.4, -0.2) is 30.1 Å². The predicted octanol–water partition coefficient (Wildman–Crippen LogP) is 4.05. The van der Waals surface area contributed by atoms with Gasteiger partial charge in [0, 0.05) is 29.7 Å². The molecule has 0 saturated carbocycles. The van der Waals surface area contributed by atoms with Crippen LogP contribution < -0.4 is 0 Å². The summed E-state index contributed by atoms with van der Waals surface area (Å²) < 4.78 is 5.15. The second kappa shape index (κ2) is 5.89. The summed E-state index contributed by atoms with van der Waals surface area (Å²) in [5, 5.41) is 1.40. The van der Waals surface area contributed by atoms with Crippen molar-refractivity contribution in [3.8, 4) is 0 Å². The van der Waals surface area contributed by atoms with Crippen molar-refractivity contribution in [1.82, 2.24) is 9.88 Å². The summed E-state index contributed by atoms with van der Waals surface area (Å²) >= 11 is 0. The van der Waals surface area contributed by atoms with E-state index in [-0.39, 0.29) is 0 Å². The number of para-hydroxylation sites is 1. The first kappa shape index (κ1) is 14.6. The Morgan fingerprint density at radius 1 is 1.30 bits per heavy atom. The highest BCUT2D eigenvalue weighted by atomic mass is 16.5. The summed E-state index contributed by atoms with van der Waals surface area (Å²) in [7, 11) is 1.71. The van der Waals surface area contributed by atoms with Crippen LogP contribution in [0.4, 0.5) is 0 Å². The molecule has 1 aromatic heterocycles. The molecule has 3 heterocycles. The van der Waals surface area contributed by atoms with E-state index in [2.05, 4.69) is 52.9 Å². The largest absolute Gasteiger partial charge is 0.505 e. The lowest BCUT2D eigenvalue weighted by Crippen LogP contribution is -2.45. The minimum Gasteiger partial charge on any atom is -0.505 e. The van der Waals surface area contributed by atoms with Gasteiger partial charge in [-0.1, -0.05) is 24.3 Å². The molecule has 0 amide bonds. The second-order valence-electron chi connectivity index (χ2n) is 6.69. The molecule has 120 valence electrons. The number of piperidine rings is 1. The highest BCUT2D eigenvalue weighted by Gasteiger charge is 2.38. The van der Waals surface area contributed by atoms with Crippen LogP contribution in [0.25, 0.3) is 10.9 Å². The Hall–Kier alpha value is -2.00. The lowest BCUT2D eigenvalue weighted by atomic mass is 9.78. The van der Waals surface area contributed by atoms with Crippen LogP contribution in [0.5, 0.6) is 0 Å². The number of benzene rings is 1. The first-order valence-electron chi connectivity index (χ1n) is 8.47. The van der Waals surface area contributed by atoms with Crippen LogP contribution in [0.1, 0.15) is 23.7 Å². The van der Waals surface area contributed by atoms with E-state index >= 15 is 0 Å². The maximum atomic E-state index is 5.15. The van der Waals surface area contributed by atoms with E-state index in [9.17, 15) is 0 Å². The molecule has 0 spiro atoms. The fraction of sp³-hybridized carbons (Fsp3) is 0.400. The van der Waals surface area contributed by atoms with Gasteiger partial charge < -0.3 is 9.72 Å². The number of allylic oxidation sites excluding steroid dienone is 1. The van der Waals surface area contributed by atoms with Crippen molar-refractivity contribution in [1.29, 1.82) is 0 Å². The number of H-pyrrole nitrogens is 1. The topological polar surface area (TPSA) is 28.3 Å². The number of hydrogen-bond donors (Lipinski definition) is 1. The van der Waals surface area contributed by atoms with E-state index < -0.39 is 0 Å². The van der Waals surface area contributed by atoms with Crippen molar-refractivity contribution >= 4 is 10.9 Å². The molecule has 3 atom stereocenters. The van der Waals surface area contributed by atoms with E-state index in [1.54, 1.807) is 7.11 Å². The molecule has 0 aliphatic carbocycles. The molecule has 3 nitrogen and oxygen atoms in total. The van der Waals surface area contributed by atoms with Crippen molar-refractivity contribution in [3.63, 3.8) is 0 Å². The first-order valence-corrected chi connectivity index (χ1v) is 8.47. The molecule has 0 radical (unpaired) electrons. The number of fused-ring (bicyclic) bond motifs is 5. The zero-order valence-corrected chi connectivity index (χ0v) is 13.7. The highest BCUT2D eigenvalue weighted by molar-refractivity contribution is 5.85. The van der Waals surface area contributed by atoms with Crippen molar-refractivity contribution in [2.24, 2.45) is 11.8 Å². The van der Waals surface area contributed by atoms with Gasteiger partial charge in [0.25, 0.3) is 0 Å². The number of aromatic amines is 1. The van der Waals surface area contributed by atoms with E-state index in [1.165, 1.54) is 22.2 Å². The molecule has 1 N–H and O–H groups in total. The molecule has 0 unspecified atom stereocenters. The summed E-state index contributed by atoms with van der Waals surface area (Å²) in [4.78, 5) is 6.33. The lowest BCUT2D eigenvalue weighted by molar-refractivity contribution is 0.0864. The average molecular weight is 308 g/mol. The molecule has 0 bridgehead atoms. The maximum absolute atomic E-state index is 5.15. The number of methoxy groups -OCH3 is 1. The van der Waals surface area contributed by atoms with E-state index in [0.29, 0.717) is 17.9 Å². The lowest BCUT2D eigenvalue weighted by Gasteiger charge is -2.44. The van der Waals surface area contributed by atoms with E-state index in [0.717, 1.165) is 25.9 Å². The van der Waals surface area contributed by atoms with Gasteiger partial charge in [0.05, 0.1) is 19.4 Å². The van der Waals surface area contributed by atoms with Crippen molar-refractivity contribution in [2.45, 2.75) is 18.9 Å². The number of rotatable bonds is 3. The van der Waals surface area contributed by atoms with E-state index in [1.807, 2.05) is 6.26 Å². The van der Waals surface area contributed by atoms with Crippen LogP contribution in [-0.2, 0) is 11.2 Å². The first-order chi connectivity index (χ1) is 11.3. The molecule has 2 aliphatic rings. The number of ether oxygens (including phenoxy) is 1. The Morgan fingerprint density at radius 3 is 3.00 bits per heavy atom. The van der Waals surface area contributed by atoms with Gasteiger partial charge in [0.2, 0.25) is 0 Å². The quantitative estimate of drug-likeness (QED) is 0.684. The monoisotopic (exact) mass is 308 g/mol. The van der Waals surface area contributed by atoms with Gasteiger partial charge in [0.1, 0.15) is 0 Å². The summed E-state index contributed by atoms with van der Waals surface area (Å²) in [6.45, 7) is 6.28. The summed E-state index contributed by atoms with van der Waals surface area (Å²) in [6.07, 6.45) is 8.41. The summed E-state index contributed by atoms with van der Waals surface area (Å²) in [5.74, 6) is 0.995. The van der Waals surface area contributed by atoms with Crippen LogP contribution in [0.15, 0.2) is 49.3 Å². The van der Waals surface area contributed by atoms with Gasteiger partial charge in [-0.2, -0.15) is 0 Å². The second-order valence-corrected chi connectivity index (χ2v) is 6.69. The molecular weight excluding hydrogens is 284 g/mol. The summed E-state index contributed by atoms with van der Waals surface area (Å²) in [6, 6.07) is 9.17. The minimum atomic E-state index is 0.480. The van der Waals surface area contributed by atoms with Crippen LogP contribution in [0.2, 0.25) is 0 Å². The summed E-state index contributed by atoms with van der Waals surface area (Å²) in [5.41, 5.74) is 4.22. The van der Waals surface area contributed by atoms with Gasteiger partial charge in [-0.15, -0.1) is 6.58 Å². The molecule has 2 aliphatic heterocycles. The van der Waals surface area contributed by atoms with Gasteiger partial charge >= 0.3 is 0 Å². The molecule has 3 heteroatoms. The molecular formula is C20H24N2O. The Morgan fingerprint density at radius 2 is 2.17 bits per heavy atom. The number of hydrogen-bond acceptors (Lipinski definition) is 2. The van der Waals surface area contributed by atoms with Gasteiger partial charge in [-0.3, -0.25) is 4.90 Å². The van der Waals surface area contributed by atoms with Gasteiger partial charge in [-0.05, 0) is 42.4 Å². The van der Waals surface area contributed by atoms with Gasteiger partial charge in [-0.25, -0.2) is 0 Å². The zero-order chi connectivity index (χ0) is 15.8. The normalized spacial score (nSPS) is 27.8. The Balaban J connectivity index is 1.71. The Labute approximate surface area is 137 Å². The Kier molecular flexibility index (Phi) is 3.74. The van der Waals surface area contributed by atoms with Crippen LogP contribution in [0.3, 0.4) is 0 Å². The smallest absolute Gasteiger partial charge is 0.0787 e. The third-order valence-electron chi connectivity index (χ3n) is 5.52. The molecule has 4 rings (SSSR count). The molecule has 2 aromatic rings. The van der Waals surface area contributed by atoms with Gasteiger partial charge in [0.15, 0.2) is 0 Å². The fourth-order valence-corrected chi connectivity index (χ4v) is 4.34. The molecule has 1 fully saturated rings. The third kappa shape index (κ3) is 2.40. The fourth-order valence-electron chi connectivity index (χ4n) is 4.34. The number of aromatic nitrogens is 1. The minimum absolute atomic E-state index is 0.480. The molecule has 23 heavy (non-hydrogen) atoms. The standard InChI is InChI=1S/C20H24N2O/c1-3-14-13-22-10-8-17-16-6-4-5-7-18(16)21-20(17)19(22)12-15(14)9-11-23-2/h3-7,9,11,14-15,19,21H,1,8,10,12-13H2,2H3/t14-,15-,19+/m0/s1. The average Bonchev–Trinajstić information content (AvgIpc) is 2.98. The maximum Gasteiger partial charge on any atom is 0.0787 e. The Bertz CT molecular complexity index is 745. The van der Waals surface area contributed by atoms with Crippen LogP contribution in [0, 0.1) is 11.8 Å². The van der Waals surface area contributed by atoms with Crippen LogP contribution >= 0.6 is 0 Å². The zero-order valence-electron chi connectivity index (χ0n) is 13.7. The third-order valence-corrected chi connectivity index (χ3v) is 5.52. The highest BCUT2D eigenvalue weighted by Crippen LogP contribution is 2.43. The number of nitrogens with zero attached hydrogens (tertiary/aromatic N) is 1. The molecule has 1 aromatic carbocycles.